The van der Waals surface area contributed by atoms with Crippen molar-refractivity contribution in [2.24, 2.45) is 5.41 Å². The molecule has 48 heavy (non-hydrogen) atoms. The molecule has 1 fully saturated rings. The zero-order valence-corrected chi connectivity index (χ0v) is 29.2. The molecule has 2 aromatic carbocycles. The lowest BCUT2D eigenvalue weighted by Crippen LogP contribution is -2.45. The lowest BCUT2D eigenvalue weighted by Gasteiger charge is -2.36. The SMILES string of the molecule is Cc1cccc(C)c1-c1cc2nc(n1)NS(=O)(=O)c1cccc(c1)C(=O)N(Cc1ccnc(N(C)C3CCC3)n1)[C@H](CC(C)(C)C)CO2. The minimum atomic E-state index is -4.17. The molecule has 1 atom stereocenters. The van der Waals surface area contributed by atoms with Gasteiger partial charge in [0.15, 0.2) is 0 Å². The van der Waals surface area contributed by atoms with E-state index in [4.69, 9.17) is 9.72 Å². The third kappa shape index (κ3) is 7.28. The second-order valence-electron chi connectivity index (χ2n) is 14.0. The maximum Gasteiger partial charge on any atom is 0.264 e. The highest BCUT2D eigenvalue weighted by molar-refractivity contribution is 7.92. The van der Waals surface area contributed by atoms with Crippen molar-refractivity contribution in [1.82, 2.24) is 24.8 Å². The van der Waals surface area contributed by atoms with E-state index >= 15 is 0 Å². The number of amides is 1. The van der Waals surface area contributed by atoms with Crippen molar-refractivity contribution in [1.29, 1.82) is 0 Å². The van der Waals surface area contributed by atoms with Gasteiger partial charge >= 0.3 is 0 Å². The molecule has 0 radical (unpaired) electrons. The number of hydrogen-bond acceptors (Lipinski definition) is 9. The molecule has 2 aliphatic rings. The van der Waals surface area contributed by atoms with Crippen molar-refractivity contribution < 1.29 is 17.9 Å². The Morgan fingerprint density at radius 2 is 1.73 bits per heavy atom. The zero-order chi connectivity index (χ0) is 34.2. The second-order valence-corrected chi connectivity index (χ2v) is 15.7. The van der Waals surface area contributed by atoms with Gasteiger partial charge in [0.1, 0.15) is 6.61 Å². The van der Waals surface area contributed by atoms with Crippen molar-refractivity contribution in [2.45, 2.75) is 83.8 Å². The topological polar surface area (TPSA) is 131 Å². The van der Waals surface area contributed by atoms with E-state index in [0.29, 0.717) is 29.8 Å². The number of aryl methyl sites for hydroxylation is 2. The summed E-state index contributed by atoms with van der Waals surface area (Å²) in [4.78, 5) is 36.7. The maximum atomic E-state index is 14.5. The first kappa shape index (κ1) is 33.3. The number of sulfonamides is 1. The van der Waals surface area contributed by atoms with Crippen LogP contribution in [-0.4, -0.2) is 64.9 Å². The van der Waals surface area contributed by atoms with Crippen LogP contribution in [0.25, 0.3) is 11.3 Å². The van der Waals surface area contributed by atoms with Crippen molar-refractivity contribution in [3.63, 3.8) is 0 Å². The number of aromatic nitrogens is 4. The van der Waals surface area contributed by atoms with Crippen LogP contribution in [0.3, 0.4) is 0 Å². The van der Waals surface area contributed by atoms with E-state index in [-0.39, 0.29) is 46.8 Å². The summed E-state index contributed by atoms with van der Waals surface area (Å²) in [5.74, 6) is 0.370. The molecule has 12 heteroatoms. The number of benzene rings is 2. The van der Waals surface area contributed by atoms with E-state index in [2.05, 4.69) is 45.3 Å². The summed E-state index contributed by atoms with van der Waals surface area (Å²) in [5.41, 5.74) is 4.08. The van der Waals surface area contributed by atoms with E-state index in [9.17, 15) is 13.2 Å². The van der Waals surface area contributed by atoms with Gasteiger partial charge in [0.2, 0.25) is 17.8 Å². The summed E-state index contributed by atoms with van der Waals surface area (Å²) in [5, 5.41) is 0. The molecule has 6 rings (SSSR count). The molecule has 0 spiro atoms. The Kier molecular flexibility index (Phi) is 9.12. The number of nitrogens with one attached hydrogen (secondary N) is 1. The molecule has 1 saturated carbocycles. The average Bonchev–Trinajstić information content (AvgIpc) is 3.00. The van der Waals surface area contributed by atoms with Gasteiger partial charge in [-0.15, -0.1) is 0 Å². The highest BCUT2D eigenvalue weighted by atomic mass is 32.2. The van der Waals surface area contributed by atoms with Crippen molar-refractivity contribution in [2.75, 3.05) is 23.3 Å². The van der Waals surface area contributed by atoms with Crippen LogP contribution >= 0.6 is 0 Å². The number of rotatable bonds is 6. The molecule has 4 aromatic rings. The molecule has 1 aliphatic carbocycles. The summed E-state index contributed by atoms with van der Waals surface area (Å²) in [7, 11) is -2.16. The molecular weight excluding hydrogens is 627 g/mol. The molecule has 0 saturated heterocycles. The van der Waals surface area contributed by atoms with E-state index < -0.39 is 16.1 Å². The Morgan fingerprint density at radius 3 is 2.42 bits per heavy atom. The lowest BCUT2D eigenvalue weighted by atomic mass is 9.87. The third-order valence-corrected chi connectivity index (χ3v) is 10.3. The molecule has 1 amide bonds. The monoisotopic (exact) mass is 669 g/mol. The van der Waals surface area contributed by atoms with Crippen LogP contribution in [0.1, 0.15) is 73.6 Å². The minimum Gasteiger partial charge on any atom is -0.475 e. The Bertz CT molecular complexity index is 1920. The van der Waals surface area contributed by atoms with Gasteiger partial charge in [0.05, 0.1) is 28.9 Å². The third-order valence-electron chi connectivity index (χ3n) is 9.00. The molecule has 3 heterocycles. The Labute approximate surface area is 282 Å². The number of fused-ring (bicyclic) bond motifs is 4. The quantitative estimate of drug-likeness (QED) is 0.256. The van der Waals surface area contributed by atoms with Gasteiger partial charge < -0.3 is 14.5 Å². The van der Waals surface area contributed by atoms with Crippen LogP contribution < -0.4 is 14.4 Å². The first-order valence-corrected chi connectivity index (χ1v) is 17.8. The molecular formula is C36H43N7O4S. The molecule has 252 valence electrons. The standard InChI is InChI=1S/C36H43N7O4S/c1-23-10-7-11-24(2)32(23)30-19-31-40-34(39-30)41-48(45,46)29-15-8-12-25(18-29)33(44)43(28(22-47-31)20-36(3,4)5)21-26-16-17-37-35(38-26)42(6)27-13-9-14-27/h7-8,10-12,15-19,27-28H,9,13-14,20-22H2,1-6H3,(H,39,40,41)/t28-/m1/s1. The summed E-state index contributed by atoms with van der Waals surface area (Å²) in [6.07, 6.45) is 5.71. The maximum absolute atomic E-state index is 14.5. The largest absolute Gasteiger partial charge is 0.475 e. The van der Waals surface area contributed by atoms with Crippen molar-refractivity contribution in [3.05, 3.63) is 83.2 Å². The number of carbonyl (C=O) groups is 1. The summed E-state index contributed by atoms with van der Waals surface area (Å²) in [6, 6.07) is 15.5. The number of hydrogen-bond donors (Lipinski definition) is 1. The van der Waals surface area contributed by atoms with Gasteiger partial charge in [-0.25, -0.2) is 28.1 Å². The van der Waals surface area contributed by atoms with Gasteiger partial charge in [-0.05, 0) is 80.3 Å². The fourth-order valence-electron chi connectivity index (χ4n) is 6.30. The molecule has 2 aromatic heterocycles. The van der Waals surface area contributed by atoms with Crippen LogP contribution in [-0.2, 0) is 16.6 Å². The smallest absolute Gasteiger partial charge is 0.264 e. The number of nitrogens with zero attached hydrogens (tertiary/aromatic N) is 6. The Hall–Kier alpha value is -4.58. The molecule has 0 unspecified atom stereocenters. The Morgan fingerprint density at radius 1 is 1.00 bits per heavy atom. The molecule has 1 N–H and O–H groups in total. The Balaban J connectivity index is 1.46. The van der Waals surface area contributed by atoms with E-state index in [1.807, 2.05) is 45.2 Å². The van der Waals surface area contributed by atoms with Crippen LogP contribution in [0.2, 0.25) is 0 Å². The fourth-order valence-corrected chi connectivity index (χ4v) is 7.29. The van der Waals surface area contributed by atoms with Gasteiger partial charge in [-0.1, -0.05) is 45.0 Å². The van der Waals surface area contributed by atoms with Gasteiger partial charge in [0, 0.05) is 36.5 Å². The summed E-state index contributed by atoms with van der Waals surface area (Å²) < 4.78 is 36.3. The van der Waals surface area contributed by atoms with Crippen LogP contribution in [0.15, 0.2) is 65.7 Å². The predicted octanol–water partition coefficient (Wildman–Crippen LogP) is 6.18. The second kappa shape index (κ2) is 13.1. The molecule has 4 bridgehead atoms. The number of anilines is 2. The summed E-state index contributed by atoms with van der Waals surface area (Å²) >= 11 is 0. The lowest BCUT2D eigenvalue weighted by molar-refractivity contribution is 0.0509. The van der Waals surface area contributed by atoms with Crippen LogP contribution in [0.4, 0.5) is 11.9 Å². The van der Waals surface area contributed by atoms with Gasteiger partial charge in [0.25, 0.3) is 15.9 Å². The van der Waals surface area contributed by atoms with Crippen molar-refractivity contribution in [3.8, 4) is 17.1 Å². The highest BCUT2D eigenvalue weighted by Crippen LogP contribution is 2.32. The molecule has 1 aliphatic heterocycles. The summed E-state index contributed by atoms with van der Waals surface area (Å²) in [6.45, 7) is 10.6. The highest BCUT2D eigenvalue weighted by Gasteiger charge is 2.32. The minimum absolute atomic E-state index is 0.0742. The number of ether oxygens (including phenoxy) is 1. The fraction of sp³-hybridized carbons (Fsp3) is 0.417. The van der Waals surface area contributed by atoms with Crippen LogP contribution in [0.5, 0.6) is 5.88 Å². The van der Waals surface area contributed by atoms with E-state index in [1.54, 1.807) is 29.3 Å². The van der Waals surface area contributed by atoms with E-state index in [1.165, 1.54) is 18.6 Å². The first-order valence-electron chi connectivity index (χ1n) is 16.3. The molecule has 11 nitrogen and oxygen atoms in total. The average molecular weight is 670 g/mol. The van der Waals surface area contributed by atoms with Gasteiger partial charge in [-0.3, -0.25) is 4.79 Å². The predicted molar refractivity (Wildman–Crippen MR) is 185 cm³/mol. The zero-order valence-electron chi connectivity index (χ0n) is 28.4. The van der Waals surface area contributed by atoms with Gasteiger partial charge in [-0.2, -0.15) is 4.98 Å². The van der Waals surface area contributed by atoms with Crippen molar-refractivity contribution >= 4 is 27.8 Å². The van der Waals surface area contributed by atoms with E-state index in [0.717, 1.165) is 29.5 Å². The first-order chi connectivity index (χ1) is 22.8. The normalized spacial score (nSPS) is 18.0. The number of carbonyl (C=O) groups excluding carboxylic acids is 1. The van der Waals surface area contributed by atoms with Crippen LogP contribution in [0, 0.1) is 19.3 Å².